The second kappa shape index (κ2) is 9.81. The lowest BCUT2D eigenvalue weighted by Crippen LogP contribution is -2.30. The summed E-state index contributed by atoms with van der Waals surface area (Å²) >= 11 is 0. The normalized spacial score (nSPS) is 13.7. The average Bonchev–Trinajstić information content (AvgIpc) is 3.30. The molecule has 4 aromatic rings. The van der Waals surface area contributed by atoms with Gasteiger partial charge in [-0.2, -0.15) is 0 Å². The van der Waals surface area contributed by atoms with E-state index >= 15 is 0 Å². The molecule has 0 unspecified atom stereocenters. The third kappa shape index (κ3) is 4.79. The van der Waals surface area contributed by atoms with Crippen LogP contribution in [0.25, 0.3) is 22.6 Å². The van der Waals surface area contributed by atoms with Crippen molar-refractivity contribution in [2.75, 3.05) is 18.0 Å². The van der Waals surface area contributed by atoms with E-state index < -0.39 is 4.92 Å². The Labute approximate surface area is 209 Å². The molecule has 1 N–H and O–H groups in total. The van der Waals surface area contributed by atoms with Gasteiger partial charge in [0.2, 0.25) is 5.89 Å². The van der Waals surface area contributed by atoms with Gasteiger partial charge in [0.15, 0.2) is 5.58 Å². The van der Waals surface area contributed by atoms with Gasteiger partial charge in [0.1, 0.15) is 11.2 Å². The van der Waals surface area contributed by atoms with Crippen molar-refractivity contribution < 1.29 is 14.1 Å². The summed E-state index contributed by atoms with van der Waals surface area (Å²) in [6, 6.07) is 16.4. The highest BCUT2D eigenvalue weighted by molar-refractivity contribution is 5.95. The summed E-state index contributed by atoms with van der Waals surface area (Å²) in [5, 5.41) is 14.6. The maximum Gasteiger partial charge on any atom is 0.293 e. The number of hydrogen-bond donors (Lipinski definition) is 1. The summed E-state index contributed by atoms with van der Waals surface area (Å²) in [5.74, 6) is 0.198. The lowest BCUT2D eigenvalue weighted by Gasteiger charge is -2.28. The summed E-state index contributed by atoms with van der Waals surface area (Å²) in [4.78, 5) is 30.7. The molecule has 0 saturated carbocycles. The quantitative estimate of drug-likeness (QED) is 0.268. The molecule has 2 heterocycles. The number of aromatic nitrogens is 1. The van der Waals surface area contributed by atoms with E-state index in [0.717, 1.165) is 60.1 Å². The monoisotopic (exact) mass is 484 g/mol. The van der Waals surface area contributed by atoms with Crippen molar-refractivity contribution in [1.82, 2.24) is 10.3 Å². The fourth-order valence-corrected chi connectivity index (χ4v) is 4.57. The molecule has 36 heavy (non-hydrogen) atoms. The maximum absolute atomic E-state index is 12.8. The first kappa shape index (κ1) is 23.5. The van der Waals surface area contributed by atoms with Crippen molar-refractivity contribution in [3.63, 3.8) is 0 Å². The van der Waals surface area contributed by atoms with E-state index in [1.165, 1.54) is 11.6 Å². The molecule has 0 aliphatic carbocycles. The van der Waals surface area contributed by atoms with Crippen LogP contribution in [0.3, 0.4) is 0 Å². The first-order valence-corrected chi connectivity index (χ1v) is 12.2. The summed E-state index contributed by atoms with van der Waals surface area (Å²) in [6.07, 6.45) is 3.17. The van der Waals surface area contributed by atoms with Gasteiger partial charge in [0.25, 0.3) is 11.6 Å². The van der Waals surface area contributed by atoms with Crippen LogP contribution in [0.4, 0.5) is 11.4 Å². The number of carbonyl (C=O) groups is 1. The van der Waals surface area contributed by atoms with Gasteiger partial charge in [-0.15, -0.1) is 0 Å². The molecule has 1 saturated heterocycles. The zero-order valence-corrected chi connectivity index (χ0v) is 20.4. The minimum atomic E-state index is -0.409. The molecule has 8 heteroatoms. The maximum atomic E-state index is 12.8. The Kier molecular flexibility index (Phi) is 6.41. The Morgan fingerprint density at radius 2 is 1.75 bits per heavy atom. The van der Waals surface area contributed by atoms with E-state index in [1.807, 2.05) is 55.1 Å². The number of hydrogen-bond acceptors (Lipinski definition) is 6. The number of fused-ring (bicyclic) bond motifs is 1. The lowest BCUT2D eigenvalue weighted by molar-refractivity contribution is -0.384. The van der Waals surface area contributed by atoms with E-state index in [1.54, 1.807) is 12.1 Å². The number of benzene rings is 3. The van der Waals surface area contributed by atoms with Crippen molar-refractivity contribution in [2.45, 2.75) is 39.7 Å². The molecule has 0 radical (unpaired) electrons. The number of nitrogens with zero attached hydrogens (tertiary/aromatic N) is 3. The molecule has 0 spiro atoms. The van der Waals surface area contributed by atoms with Crippen LogP contribution in [-0.2, 0) is 6.54 Å². The fourth-order valence-electron chi connectivity index (χ4n) is 4.57. The van der Waals surface area contributed by atoms with Crippen LogP contribution in [0, 0.1) is 24.0 Å². The molecule has 1 aromatic heterocycles. The molecule has 5 rings (SSSR count). The predicted molar refractivity (Wildman–Crippen MR) is 139 cm³/mol. The van der Waals surface area contributed by atoms with Gasteiger partial charge in [0.05, 0.1) is 4.92 Å². The number of carbonyl (C=O) groups excluding carboxylic acids is 1. The van der Waals surface area contributed by atoms with Crippen LogP contribution in [0.5, 0.6) is 0 Å². The fraction of sp³-hybridized carbons (Fsp3) is 0.286. The second-order valence-corrected chi connectivity index (χ2v) is 9.31. The Morgan fingerprint density at radius 3 is 2.47 bits per heavy atom. The number of nitro benzene ring substituents is 1. The summed E-state index contributed by atoms with van der Waals surface area (Å²) in [7, 11) is 0. The summed E-state index contributed by atoms with van der Waals surface area (Å²) in [6.45, 7) is 5.98. The van der Waals surface area contributed by atoms with E-state index in [-0.39, 0.29) is 17.2 Å². The zero-order valence-electron chi connectivity index (χ0n) is 20.4. The highest BCUT2D eigenvalue weighted by atomic mass is 16.6. The van der Waals surface area contributed by atoms with Crippen LogP contribution < -0.4 is 10.2 Å². The van der Waals surface area contributed by atoms with E-state index in [4.69, 9.17) is 4.42 Å². The van der Waals surface area contributed by atoms with Crippen LogP contribution in [0.2, 0.25) is 0 Å². The van der Waals surface area contributed by atoms with Crippen LogP contribution in [0.15, 0.2) is 59.0 Å². The third-order valence-electron chi connectivity index (χ3n) is 6.79. The molecule has 3 aromatic carbocycles. The highest BCUT2D eigenvalue weighted by Crippen LogP contribution is 2.31. The van der Waals surface area contributed by atoms with Crippen LogP contribution in [0.1, 0.15) is 46.3 Å². The van der Waals surface area contributed by atoms with Gasteiger partial charge in [-0.1, -0.05) is 12.1 Å². The Hall–Kier alpha value is -4.20. The molecular formula is C28H28N4O4. The third-order valence-corrected chi connectivity index (χ3v) is 6.79. The predicted octanol–water partition coefficient (Wildman–Crippen LogP) is 5.94. The molecule has 1 fully saturated rings. The van der Waals surface area contributed by atoms with E-state index in [0.29, 0.717) is 18.1 Å². The van der Waals surface area contributed by atoms with Gasteiger partial charge >= 0.3 is 0 Å². The Balaban J connectivity index is 1.27. The van der Waals surface area contributed by atoms with E-state index in [2.05, 4.69) is 10.3 Å². The largest absolute Gasteiger partial charge is 0.436 e. The minimum Gasteiger partial charge on any atom is -0.436 e. The Morgan fingerprint density at radius 1 is 1.03 bits per heavy atom. The standard InChI is InChI=1S/C28H28N4O4/c1-18-14-23-26(15-19(18)2)36-28(30-23)21-8-6-20(7-9-21)17-29-27(33)22-10-11-24(25(16-22)32(34)35)31-12-4-3-5-13-31/h6-11,14-16H,3-5,12-13,17H2,1-2H3,(H,29,33). The van der Waals surface area contributed by atoms with Gasteiger partial charge in [-0.25, -0.2) is 4.98 Å². The highest BCUT2D eigenvalue weighted by Gasteiger charge is 2.23. The van der Waals surface area contributed by atoms with Gasteiger partial charge < -0.3 is 14.6 Å². The summed E-state index contributed by atoms with van der Waals surface area (Å²) < 4.78 is 5.93. The first-order chi connectivity index (χ1) is 17.4. The number of nitro groups is 1. The smallest absolute Gasteiger partial charge is 0.293 e. The SMILES string of the molecule is Cc1cc2nc(-c3ccc(CNC(=O)c4ccc(N5CCCCC5)c([N+](=O)[O-])c4)cc3)oc2cc1C. The molecule has 184 valence electrons. The topological polar surface area (TPSA) is 102 Å². The number of oxazole rings is 1. The molecule has 1 amide bonds. The van der Waals surface area contributed by atoms with E-state index in [9.17, 15) is 14.9 Å². The van der Waals surface area contributed by atoms with Crippen LogP contribution >= 0.6 is 0 Å². The number of nitrogens with one attached hydrogen (secondary N) is 1. The lowest BCUT2D eigenvalue weighted by atomic mass is 10.1. The number of rotatable bonds is 6. The number of aryl methyl sites for hydroxylation is 2. The molecule has 1 aliphatic heterocycles. The number of anilines is 1. The molecule has 0 atom stereocenters. The van der Waals surface area contributed by atoms with Crippen molar-refractivity contribution in [1.29, 1.82) is 0 Å². The molecular weight excluding hydrogens is 456 g/mol. The van der Waals surface area contributed by atoms with Crippen molar-refractivity contribution in [3.8, 4) is 11.5 Å². The van der Waals surface area contributed by atoms with Crippen LogP contribution in [-0.4, -0.2) is 28.9 Å². The second-order valence-electron chi connectivity index (χ2n) is 9.31. The zero-order chi connectivity index (χ0) is 25.2. The number of amides is 1. The molecule has 1 aliphatic rings. The molecule has 0 bridgehead atoms. The van der Waals surface area contributed by atoms with Gasteiger partial charge in [-0.3, -0.25) is 14.9 Å². The summed E-state index contributed by atoms with van der Waals surface area (Å²) in [5.41, 5.74) is 6.47. The van der Waals surface area contributed by atoms with Crippen molar-refractivity contribution in [3.05, 3.63) is 87.0 Å². The molecule has 8 nitrogen and oxygen atoms in total. The van der Waals surface area contributed by atoms with Crippen molar-refractivity contribution in [2.24, 2.45) is 0 Å². The van der Waals surface area contributed by atoms with Crippen molar-refractivity contribution >= 4 is 28.4 Å². The number of piperidine rings is 1. The first-order valence-electron chi connectivity index (χ1n) is 12.2. The minimum absolute atomic E-state index is 0.0300. The van der Waals surface area contributed by atoms with Gasteiger partial charge in [0, 0.05) is 36.8 Å². The average molecular weight is 485 g/mol. The van der Waals surface area contributed by atoms with Gasteiger partial charge in [-0.05, 0) is 86.2 Å². The Bertz CT molecular complexity index is 1400.